The van der Waals surface area contributed by atoms with Gasteiger partial charge in [0.2, 0.25) is 0 Å². The zero-order valence-corrected chi connectivity index (χ0v) is 25.6. The van der Waals surface area contributed by atoms with Crippen LogP contribution in [0.3, 0.4) is 0 Å². The molecule has 6 aromatic carbocycles. The van der Waals surface area contributed by atoms with Gasteiger partial charge in [0, 0.05) is 12.5 Å². The average Bonchev–Trinajstić information content (AvgIpc) is 2.95. The molecule has 0 atom stereocenters. The third-order valence-electron chi connectivity index (χ3n) is 5.85. The van der Waals surface area contributed by atoms with E-state index in [9.17, 15) is 0 Å². The van der Waals surface area contributed by atoms with Gasteiger partial charge in [-0.2, -0.15) is 0 Å². The van der Waals surface area contributed by atoms with E-state index in [0.29, 0.717) is 5.46 Å². The van der Waals surface area contributed by atoms with Crippen LogP contribution >= 0.6 is 54.5 Å². The van der Waals surface area contributed by atoms with Crippen LogP contribution in [0.25, 0.3) is 32.7 Å². The van der Waals surface area contributed by atoms with E-state index in [1.165, 1.54) is 25.5 Å². The predicted octanol–water partition coefficient (Wildman–Crippen LogP) is 8.84. The lowest BCUT2D eigenvalue weighted by Crippen LogP contribution is -2.30. The van der Waals surface area contributed by atoms with Gasteiger partial charge in [-0.15, -0.1) is 0 Å². The minimum atomic E-state index is -1.40. The summed E-state index contributed by atoms with van der Waals surface area (Å²) in [4.78, 5) is 0. The van der Waals surface area contributed by atoms with E-state index in [0.717, 1.165) is 19.7 Å². The van der Waals surface area contributed by atoms with E-state index in [1.807, 2.05) is 48.5 Å². The Balaban J connectivity index is 0.000000142. The van der Waals surface area contributed by atoms with Crippen molar-refractivity contribution >= 4 is 88.6 Å². The Morgan fingerprint density at radius 1 is 0.500 bits per heavy atom. The number of rotatable bonds is 2. The highest BCUT2D eigenvalue weighted by Crippen LogP contribution is 2.29. The molecule has 0 bridgehead atoms. The molecule has 6 rings (SSSR count). The molecule has 0 amide bonds. The van der Waals surface area contributed by atoms with Gasteiger partial charge in [0.05, 0.1) is 0 Å². The maximum absolute atomic E-state index is 9.08. The SMILES string of the molecule is Brc1ccc(-c2cccc3ccccc23)cc1.Brc1ccc(I)cc1.OB(O)c1cccc2ccccc12. The van der Waals surface area contributed by atoms with Crippen molar-refractivity contribution in [2.24, 2.45) is 0 Å². The summed E-state index contributed by atoms with van der Waals surface area (Å²) in [5.41, 5.74) is 3.10. The molecule has 0 saturated carbocycles. The first-order valence-electron chi connectivity index (χ1n) is 11.9. The van der Waals surface area contributed by atoms with Crippen molar-refractivity contribution < 1.29 is 10.0 Å². The lowest BCUT2D eigenvalue weighted by Gasteiger charge is -2.06. The first-order valence-corrected chi connectivity index (χ1v) is 14.6. The van der Waals surface area contributed by atoms with Crippen LogP contribution in [0.1, 0.15) is 0 Å². The lowest BCUT2D eigenvalue weighted by molar-refractivity contribution is 0.426. The summed E-state index contributed by atoms with van der Waals surface area (Å²) in [5.74, 6) is 0. The van der Waals surface area contributed by atoms with Gasteiger partial charge in [-0.25, -0.2) is 0 Å². The Labute approximate surface area is 253 Å². The molecule has 6 aromatic rings. The van der Waals surface area contributed by atoms with Crippen LogP contribution in [-0.4, -0.2) is 17.2 Å². The van der Waals surface area contributed by atoms with Gasteiger partial charge in [0.15, 0.2) is 0 Å². The molecule has 0 saturated heterocycles. The van der Waals surface area contributed by atoms with Crippen molar-refractivity contribution in [1.82, 2.24) is 0 Å². The van der Waals surface area contributed by atoms with Gasteiger partial charge in [0.25, 0.3) is 0 Å². The van der Waals surface area contributed by atoms with Crippen LogP contribution in [0, 0.1) is 3.57 Å². The van der Waals surface area contributed by atoms with Crippen LogP contribution in [0.5, 0.6) is 0 Å². The maximum Gasteiger partial charge on any atom is 0.489 e. The monoisotopic (exact) mass is 736 g/mol. The second kappa shape index (κ2) is 14.1. The summed E-state index contributed by atoms with van der Waals surface area (Å²) < 4.78 is 3.52. The summed E-state index contributed by atoms with van der Waals surface area (Å²) in [6.45, 7) is 0. The Kier molecular flexibility index (Phi) is 10.6. The molecule has 0 aliphatic heterocycles. The zero-order valence-electron chi connectivity index (χ0n) is 20.3. The van der Waals surface area contributed by atoms with Crippen LogP contribution < -0.4 is 5.46 Å². The molecule has 6 heteroatoms. The van der Waals surface area contributed by atoms with E-state index < -0.39 is 7.12 Å². The smallest absolute Gasteiger partial charge is 0.423 e. The fourth-order valence-electron chi connectivity index (χ4n) is 4.01. The van der Waals surface area contributed by atoms with E-state index >= 15 is 0 Å². The summed E-state index contributed by atoms with van der Waals surface area (Å²) >= 11 is 9.09. The van der Waals surface area contributed by atoms with Crippen molar-refractivity contribution in [2.75, 3.05) is 0 Å². The molecule has 0 radical (unpaired) electrons. The lowest BCUT2D eigenvalue weighted by atomic mass is 9.77. The molecule has 2 nitrogen and oxygen atoms in total. The number of hydrogen-bond donors (Lipinski definition) is 2. The topological polar surface area (TPSA) is 40.5 Å². The van der Waals surface area contributed by atoms with E-state index in [-0.39, 0.29) is 0 Å². The fourth-order valence-corrected chi connectivity index (χ4v) is 4.90. The largest absolute Gasteiger partial charge is 0.489 e. The molecule has 188 valence electrons. The van der Waals surface area contributed by atoms with Gasteiger partial charge < -0.3 is 10.0 Å². The van der Waals surface area contributed by atoms with Gasteiger partial charge in [-0.3, -0.25) is 0 Å². The van der Waals surface area contributed by atoms with Gasteiger partial charge in [0.1, 0.15) is 0 Å². The second-order valence-electron chi connectivity index (χ2n) is 8.41. The molecule has 0 aromatic heterocycles. The zero-order chi connectivity index (χ0) is 26.9. The molecule has 2 N–H and O–H groups in total. The molecule has 0 aliphatic rings. The summed E-state index contributed by atoms with van der Waals surface area (Å²) in [6.07, 6.45) is 0. The maximum atomic E-state index is 9.08. The van der Waals surface area contributed by atoms with Crippen LogP contribution in [0.4, 0.5) is 0 Å². The minimum absolute atomic E-state index is 0.554. The third-order valence-corrected chi connectivity index (χ3v) is 7.63. The van der Waals surface area contributed by atoms with E-state index in [4.69, 9.17) is 10.0 Å². The Morgan fingerprint density at radius 2 is 0.974 bits per heavy atom. The third kappa shape index (κ3) is 7.77. The van der Waals surface area contributed by atoms with Crippen molar-refractivity contribution in [2.45, 2.75) is 0 Å². The normalized spacial score (nSPS) is 10.2. The number of hydrogen-bond acceptors (Lipinski definition) is 2. The predicted molar refractivity (Wildman–Crippen MR) is 178 cm³/mol. The van der Waals surface area contributed by atoms with Crippen LogP contribution in [0.2, 0.25) is 0 Å². The molecule has 0 aliphatic carbocycles. The Bertz CT molecular complexity index is 1590. The van der Waals surface area contributed by atoms with Crippen molar-refractivity contribution in [3.05, 3.63) is 146 Å². The van der Waals surface area contributed by atoms with E-state index in [2.05, 4.69) is 133 Å². The highest BCUT2D eigenvalue weighted by Gasteiger charge is 2.13. The molecule has 0 spiro atoms. The quantitative estimate of drug-likeness (QED) is 0.138. The molecular formula is C32H24BBr2IO2. The average molecular weight is 738 g/mol. The number of fused-ring (bicyclic) bond motifs is 2. The fraction of sp³-hybridized carbons (Fsp3) is 0. The highest BCUT2D eigenvalue weighted by molar-refractivity contribution is 14.1. The van der Waals surface area contributed by atoms with Gasteiger partial charge in [-0.1, -0.05) is 129 Å². The summed E-state index contributed by atoms with van der Waals surface area (Å²) in [5, 5.41) is 22.7. The van der Waals surface area contributed by atoms with Gasteiger partial charge in [-0.05, 0) is 97.1 Å². The molecular weight excluding hydrogens is 714 g/mol. The van der Waals surface area contributed by atoms with Crippen LogP contribution in [0.15, 0.2) is 142 Å². The number of halogens is 3. The summed E-state index contributed by atoms with van der Waals surface area (Å²) in [6, 6.07) is 44.7. The van der Waals surface area contributed by atoms with Crippen molar-refractivity contribution in [1.29, 1.82) is 0 Å². The highest BCUT2D eigenvalue weighted by atomic mass is 127. The second-order valence-corrected chi connectivity index (χ2v) is 11.5. The Morgan fingerprint density at radius 3 is 1.55 bits per heavy atom. The molecule has 0 heterocycles. The molecule has 0 unspecified atom stereocenters. The van der Waals surface area contributed by atoms with Crippen molar-refractivity contribution in [3.63, 3.8) is 0 Å². The molecule has 38 heavy (non-hydrogen) atoms. The number of benzene rings is 6. The molecule has 0 fully saturated rings. The van der Waals surface area contributed by atoms with Crippen molar-refractivity contribution in [3.8, 4) is 11.1 Å². The van der Waals surface area contributed by atoms with Gasteiger partial charge >= 0.3 is 7.12 Å². The summed E-state index contributed by atoms with van der Waals surface area (Å²) in [7, 11) is -1.40. The Hall–Kier alpha value is -2.49. The first-order chi connectivity index (χ1) is 18.4. The van der Waals surface area contributed by atoms with Crippen LogP contribution in [-0.2, 0) is 0 Å². The first kappa shape index (κ1) is 28.5. The minimum Gasteiger partial charge on any atom is -0.423 e. The van der Waals surface area contributed by atoms with E-state index in [1.54, 1.807) is 6.07 Å². The standard InChI is InChI=1S/C16H11Br.C10H9BO2.C6H4BrI/c17-14-10-8-13(9-11-14)16-7-3-5-12-4-1-2-6-15(12)16;12-11(13)10-7-3-5-8-4-1-2-6-9(8)10;7-5-1-3-6(8)4-2-5/h1-11H;1-7,12-13H;1-4H.